The smallest absolute Gasteiger partial charge is 0.209 e. The highest BCUT2D eigenvalue weighted by atomic mass is 35.6. The summed E-state index contributed by atoms with van der Waals surface area (Å²) in [6, 6.07) is 1.96. The van der Waals surface area contributed by atoms with Crippen molar-refractivity contribution in [1.82, 2.24) is 15.0 Å². The molecule has 0 fully saturated rings. The molecular formula is C13H11Cl6N3S. The Morgan fingerprint density at radius 1 is 0.826 bits per heavy atom. The van der Waals surface area contributed by atoms with Crippen LogP contribution in [-0.4, -0.2) is 15.0 Å². The van der Waals surface area contributed by atoms with Crippen molar-refractivity contribution in [3.63, 3.8) is 0 Å². The van der Waals surface area contributed by atoms with Gasteiger partial charge >= 0.3 is 0 Å². The fourth-order valence-corrected chi connectivity index (χ4v) is 3.16. The van der Waals surface area contributed by atoms with Gasteiger partial charge < -0.3 is 0 Å². The van der Waals surface area contributed by atoms with Crippen LogP contribution in [0.25, 0.3) is 10.7 Å². The number of nitrogens with zero attached hydrogens (tertiary/aromatic N) is 3. The Kier molecular flexibility index (Phi) is 5.71. The van der Waals surface area contributed by atoms with Gasteiger partial charge in [0, 0.05) is 0 Å². The predicted octanol–water partition coefficient (Wildman–Crippen LogP) is 6.55. The molecule has 0 amide bonds. The first-order valence-corrected chi connectivity index (χ1v) is 9.43. The van der Waals surface area contributed by atoms with E-state index in [4.69, 9.17) is 69.6 Å². The van der Waals surface area contributed by atoms with E-state index in [1.54, 1.807) is 0 Å². The zero-order valence-electron chi connectivity index (χ0n) is 12.2. The van der Waals surface area contributed by atoms with Crippen LogP contribution >= 0.6 is 80.9 Å². The highest BCUT2D eigenvalue weighted by Gasteiger charge is 2.34. The van der Waals surface area contributed by atoms with Crippen LogP contribution in [0.4, 0.5) is 0 Å². The Morgan fingerprint density at radius 2 is 1.30 bits per heavy atom. The standard InChI is InChI=1S/C13H11Cl6N3S/c1-11(2,3)6-4-7(23-5-6)8-20-9(12(14,15)16)22-10(21-8)13(17,18)19/h4-5H,1-3H3. The number of aromatic nitrogens is 3. The summed E-state index contributed by atoms with van der Waals surface area (Å²) in [4.78, 5) is 13.1. The van der Waals surface area contributed by atoms with Gasteiger partial charge in [-0.15, -0.1) is 11.3 Å². The van der Waals surface area contributed by atoms with Crippen molar-refractivity contribution in [2.75, 3.05) is 0 Å². The summed E-state index contributed by atoms with van der Waals surface area (Å²) >= 11 is 36.7. The molecule has 0 spiro atoms. The van der Waals surface area contributed by atoms with Crippen LogP contribution in [0.3, 0.4) is 0 Å². The summed E-state index contributed by atoms with van der Waals surface area (Å²) in [7, 11) is 0. The largest absolute Gasteiger partial charge is 0.250 e. The van der Waals surface area contributed by atoms with Gasteiger partial charge in [-0.2, -0.15) is 0 Å². The molecule has 3 nitrogen and oxygen atoms in total. The number of halogens is 6. The van der Waals surface area contributed by atoms with Gasteiger partial charge in [-0.3, -0.25) is 0 Å². The van der Waals surface area contributed by atoms with Crippen LogP contribution in [0.5, 0.6) is 0 Å². The minimum absolute atomic E-state index is 0.0160. The van der Waals surface area contributed by atoms with Crippen molar-refractivity contribution in [2.45, 2.75) is 33.8 Å². The summed E-state index contributed by atoms with van der Waals surface area (Å²) in [6.45, 7) is 6.31. The topological polar surface area (TPSA) is 38.7 Å². The third-order valence-corrected chi connectivity index (χ3v) is 4.77. The molecular weight excluding hydrogens is 443 g/mol. The van der Waals surface area contributed by atoms with E-state index >= 15 is 0 Å². The highest BCUT2D eigenvalue weighted by molar-refractivity contribution is 7.13. The first-order valence-electron chi connectivity index (χ1n) is 6.28. The van der Waals surface area contributed by atoms with Gasteiger partial charge in [-0.05, 0) is 22.4 Å². The number of hydrogen-bond acceptors (Lipinski definition) is 4. The molecule has 23 heavy (non-hydrogen) atoms. The predicted molar refractivity (Wildman–Crippen MR) is 100 cm³/mol. The molecule has 2 aromatic heterocycles. The van der Waals surface area contributed by atoms with Gasteiger partial charge in [0.1, 0.15) is 0 Å². The van der Waals surface area contributed by atoms with Gasteiger partial charge in [-0.1, -0.05) is 90.4 Å². The molecule has 0 aliphatic carbocycles. The van der Waals surface area contributed by atoms with E-state index in [1.807, 2.05) is 11.4 Å². The minimum atomic E-state index is -1.85. The molecule has 0 bridgehead atoms. The second kappa shape index (κ2) is 6.64. The Hall–Kier alpha value is 0.450. The number of thiophene rings is 1. The molecule has 0 unspecified atom stereocenters. The normalized spacial score (nSPS) is 13.4. The monoisotopic (exact) mass is 451 g/mol. The van der Waals surface area contributed by atoms with E-state index in [-0.39, 0.29) is 17.1 Å². The Morgan fingerprint density at radius 3 is 1.65 bits per heavy atom. The van der Waals surface area contributed by atoms with Gasteiger partial charge in [0.25, 0.3) is 0 Å². The van der Waals surface area contributed by atoms with Crippen molar-refractivity contribution in [3.05, 3.63) is 28.7 Å². The lowest BCUT2D eigenvalue weighted by Gasteiger charge is -2.16. The quantitative estimate of drug-likeness (QED) is 0.459. The van der Waals surface area contributed by atoms with E-state index < -0.39 is 7.59 Å². The molecule has 0 aromatic carbocycles. The van der Waals surface area contributed by atoms with E-state index in [2.05, 4.69) is 35.7 Å². The lowest BCUT2D eigenvalue weighted by Crippen LogP contribution is -2.16. The average molecular weight is 454 g/mol. The van der Waals surface area contributed by atoms with Crippen molar-refractivity contribution < 1.29 is 0 Å². The first-order chi connectivity index (χ1) is 10.3. The van der Waals surface area contributed by atoms with Crippen LogP contribution in [0, 0.1) is 0 Å². The molecule has 0 radical (unpaired) electrons. The zero-order chi connectivity index (χ0) is 17.6. The van der Waals surface area contributed by atoms with Crippen molar-refractivity contribution in [3.8, 4) is 10.7 Å². The zero-order valence-corrected chi connectivity index (χ0v) is 17.5. The van der Waals surface area contributed by atoms with Gasteiger partial charge in [0.05, 0.1) is 4.88 Å². The van der Waals surface area contributed by atoms with Gasteiger partial charge in [0.15, 0.2) is 17.5 Å². The van der Waals surface area contributed by atoms with Crippen LogP contribution in [0.2, 0.25) is 0 Å². The maximum atomic E-state index is 5.87. The second-order valence-electron chi connectivity index (χ2n) is 5.75. The molecule has 10 heteroatoms. The minimum Gasteiger partial charge on any atom is -0.209 e. The molecule has 0 atom stereocenters. The summed E-state index contributed by atoms with van der Waals surface area (Å²) < 4.78 is -3.71. The molecule has 2 aromatic rings. The maximum Gasteiger partial charge on any atom is 0.250 e. The Balaban J connectivity index is 2.60. The molecule has 126 valence electrons. The average Bonchev–Trinajstić information content (AvgIpc) is 2.85. The van der Waals surface area contributed by atoms with Crippen molar-refractivity contribution in [2.24, 2.45) is 0 Å². The Bertz CT molecular complexity index is 679. The van der Waals surface area contributed by atoms with E-state index in [9.17, 15) is 0 Å². The molecule has 0 saturated heterocycles. The van der Waals surface area contributed by atoms with Crippen molar-refractivity contribution in [1.29, 1.82) is 0 Å². The highest BCUT2D eigenvalue weighted by Crippen LogP contribution is 2.41. The number of hydrogen-bond donors (Lipinski definition) is 0. The maximum absolute atomic E-state index is 5.87. The van der Waals surface area contributed by atoms with Crippen molar-refractivity contribution >= 4 is 80.9 Å². The molecule has 2 heterocycles. The molecule has 2 rings (SSSR count). The van der Waals surface area contributed by atoms with Crippen LogP contribution < -0.4 is 0 Å². The second-order valence-corrected chi connectivity index (χ2v) is 11.2. The molecule has 0 saturated carbocycles. The fourth-order valence-electron chi connectivity index (χ4n) is 1.59. The van der Waals surface area contributed by atoms with E-state index in [0.717, 1.165) is 10.4 Å². The molecule has 0 aliphatic heterocycles. The third-order valence-electron chi connectivity index (χ3n) is 2.83. The number of rotatable bonds is 1. The van der Waals surface area contributed by atoms with Crippen LogP contribution in [0.1, 0.15) is 38.0 Å². The summed E-state index contributed by atoms with van der Waals surface area (Å²) in [5.74, 6) is 0.0993. The van der Waals surface area contributed by atoms with Crippen LogP contribution in [-0.2, 0) is 13.0 Å². The van der Waals surface area contributed by atoms with Crippen LogP contribution in [0.15, 0.2) is 11.4 Å². The molecule has 0 aliphatic rings. The first kappa shape index (κ1) is 19.8. The summed E-state index contributed by atoms with van der Waals surface area (Å²) in [5, 5.41) is 2.02. The summed E-state index contributed by atoms with van der Waals surface area (Å²) in [6.07, 6.45) is 0. The number of alkyl halides is 6. The fraction of sp³-hybridized carbons (Fsp3) is 0.462. The lowest BCUT2D eigenvalue weighted by molar-refractivity contribution is 0.593. The van der Waals surface area contributed by atoms with Gasteiger partial charge in [-0.25, -0.2) is 15.0 Å². The Labute approximate surface area is 168 Å². The van der Waals surface area contributed by atoms with E-state index in [0.29, 0.717) is 5.82 Å². The SMILES string of the molecule is CC(C)(C)c1csc(-c2nc(C(Cl)(Cl)Cl)nc(C(Cl)(Cl)Cl)n2)c1. The van der Waals surface area contributed by atoms with E-state index in [1.165, 1.54) is 11.3 Å². The molecule has 0 N–H and O–H groups in total. The third kappa shape index (κ3) is 4.97. The summed E-state index contributed by atoms with van der Waals surface area (Å²) in [5.41, 5.74) is 1.11. The lowest BCUT2D eigenvalue weighted by atomic mass is 9.89. The van der Waals surface area contributed by atoms with Gasteiger partial charge in [0.2, 0.25) is 7.59 Å².